The van der Waals surface area contributed by atoms with Crippen LogP contribution in [0, 0.1) is 6.92 Å². The molecule has 1 N–H and O–H groups in total. The van der Waals surface area contributed by atoms with Gasteiger partial charge in [-0.1, -0.05) is 25.9 Å². The van der Waals surface area contributed by atoms with Gasteiger partial charge in [0, 0.05) is 17.7 Å². The maximum absolute atomic E-state index is 5.29. The topological polar surface area (TPSA) is 68.8 Å². The van der Waals surface area contributed by atoms with E-state index in [-0.39, 0.29) is 17.5 Å². The van der Waals surface area contributed by atoms with Gasteiger partial charge in [0.25, 0.3) is 0 Å². The molecule has 0 aromatic carbocycles. The Bertz CT molecular complexity index is 581. The highest BCUT2D eigenvalue weighted by atomic mass is 16.5. The lowest BCUT2D eigenvalue weighted by Gasteiger charge is -2.21. The molecular formula is C15H25N5O. The smallest absolute Gasteiger partial charge is 0.232 e. The summed E-state index contributed by atoms with van der Waals surface area (Å²) in [6.07, 6.45) is 3.92. The molecule has 0 saturated carbocycles. The molecular weight excluding hydrogens is 266 g/mol. The fourth-order valence-electron chi connectivity index (χ4n) is 1.94. The third-order valence-electron chi connectivity index (χ3n) is 3.56. The lowest BCUT2D eigenvalue weighted by atomic mass is 9.97. The second-order valence-corrected chi connectivity index (χ2v) is 6.67. The Morgan fingerprint density at radius 1 is 1.33 bits per heavy atom. The molecule has 0 unspecified atom stereocenters. The van der Waals surface area contributed by atoms with Crippen LogP contribution >= 0.6 is 0 Å². The Morgan fingerprint density at radius 3 is 2.57 bits per heavy atom. The Morgan fingerprint density at radius 2 is 2.05 bits per heavy atom. The zero-order chi connectivity index (χ0) is 15.6. The van der Waals surface area contributed by atoms with Crippen molar-refractivity contribution in [2.75, 3.05) is 0 Å². The molecule has 0 aliphatic carbocycles. The molecule has 116 valence electrons. The van der Waals surface area contributed by atoms with Crippen molar-refractivity contribution in [2.45, 2.75) is 65.6 Å². The molecule has 6 heteroatoms. The summed E-state index contributed by atoms with van der Waals surface area (Å²) in [6, 6.07) is 0.508. The Hall–Kier alpha value is -1.69. The highest BCUT2D eigenvalue weighted by molar-refractivity contribution is 5.01. The Labute approximate surface area is 125 Å². The van der Waals surface area contributed by atoms with Gasteiger partial charge in [-0.3, -0.25) is 4.68 Å². The Balaban J connectivity index is 1.92. The number of hydrogen-bond acceptors (Lipinski definition) is 5. The maximum Gasteiger partial charge on any atom is 0.232 e. The molecule has 2 rings (SSSR count). The fraction of sp³-hybridized carbons (Fsp3) is 0.667. The zero-order valence-corrected chi connectivity index (χ0v) is 13.7. The molecule has 0 fully saturated rings. The van der Waals surface area contributed by atoms with Gasteiger partial charge in [0.1, 0.15) is 0 Å². The number of rotatable bonds is 5. The van der Waals surface area contributed by atoms with Gasteiger partial charge in [0.2, 0.25) is 5.89 Å². The summed E-state index contributed by atoms with van der Waals surface area (Å²) in [4.78, 5) is 4.43. The van der Waals surface area contributed by atoms with Crippen molar-refractivity contribution in [3.8, 4) is 0 Å². The molecule has 0 saturated heterocycles. The van der Waals surface area contributed by atoms with E-state index in [1.165, 1.54) is 5.56 Å². The Kier molecular flexibility index (Phi) is 4.46. The van der Waals surface area contributed by atoms with Gasteiger partial charge in [0.05, 0.1) is 18.8 Å². The number of aromatic nitrogens is 4. The van der Waals surface area contributed by atoms with Crippen LogP contribution in [-0.2, 0) is 12.0 Å². The van der Waals surface area contributed by atoms with Crippen LogP contribution in [0.25, 0.3) is 0 Å². The normalized spacial score (nSPS) is 15.1. The van der Waals surface area contributed by atoms with Gasteiger partial charge in [-0.25, -0.2) is 0 Å². The second kappa shape index (κ2) is 5.97. The summed E-state index contributed by atoms with van der Waals surface area (Å²) in [5, 5.41) is 11.8. The minimum Gasteiger partial charge on any atom is -0.339 e. The molecule has 0 aliphatic rings. The van der Waals surface area contributed by atoms with E-state index < -0.39 is 0 Å². The van der Waals surface area contributed by atoms with E-state index in [4.69, 9.17) is 4.52 Å². The summed E-state index contributed by atoms with van der Waals surface area (Å²) >= 11 is 0. The highest BCUT2D eigenvalue weighted by Gasteiger charge is 2.22. The van der Waals surface area contributed by atoms with E-state index in [0.717, 1.165) is 0 Å². The summed E-state index contributed by atoms with van der Waals surface area (Å²) in [7, 11) is 0. The third-order valence-corrected chi connectivity index (χ3v) is 3.56. The molecule has 6 nitrogen and oxygen atoms in total. The van der Waals surface area contributed by atoms with Crippen molar-refractivity contribution in [1.82, 2.24) is 25.2 Å². The minimum atomic E-state index is -0.114. The predicted molar refractivity (Wildman–Crippen MR) is 81.0 cm³/mol. The fourth-order valence-corrected chi connectivity index (χ4v) is 1.94. The lowest BCUT2D eigenvalue weighted by molar-refractivity contribution is 0.315. The van der Waals surface area contributed by atoms with Gasteiger partial charge in [-0.2, -0.15) is 10.1 Å². The molecule has 0 bridgehead atoms. The van der Waals surface area contributed by atoms with Gasteiger partial charge in [0.15, 0.2) is 5.82 Å². The molecule has 21 heavy (non-hydrogen) atoms. The van der Waals surface area contributed by atoms with Crippen LogP contribution in [0.4, 0.5) is 0 Å². The lowest BCUT2D eigenvalue weighted by Crippen LogP contribution is -2.33. The average molecular weight is 291 g/mol. The summed E-state index contributed by atoms with van der Waals surface area (Å²) in [6.45, 7) is 13.1. The summed E-state index contributed by atoms with van der Waals surface area (Å²) < 4.78 is 7.27. The van der Waals surface area contributed by atoms with Gasteiger partial charge in [-0.05, 0) is 26.3 Å². The van der Waals surface area contributed by atoms with Crippen molar-refractivity contribution < 1.29 is 4.52 Å². The molecule has 0 aliphatic heterocycles. The second-order valence-electron chi connectivity index (χ2n) is 6.67. The standard InChI is InChI=1S/C15H25N5O/c1-10-7-17-20(9-10)12(3)11(2)16-8-13-18-14(21-19-13)15(4,5)6/h7,9,11-12,16H,8H2,1-6H3/t11-,12+/m0/s1. The molecule has 2 aromatic heterocycles. The number of hydrogen-bond donors (Lipinski definition) is 1. The van der Waals surface area contributed by atoms with Crippen molar-refractivity contribution >= 4 is 0 Å². The average Bonchev–Trinajstić information content (AvgIpc) is 3.03. The van der Waals surface area contributed by atoms with E-state index >= 15 is 0 Å². The number of nitrogens with one attached hydrogen (secondary N) is 1. The maximum atomic E-state index is 5.29. The van der Waals surface area contributed by atoms with Crippen LogP contribution < -0.4 is 5.32 Å². The van der Waals surface area contributed by atoms with Gasteiger partial charge < -0.3 is 9.84 Å². The SMILES string of the molecule is Cc1cnn([C@H](C)[C@H](C)NCc2noc(C(C)(C)C)n2)c1. The van der Waals surface area contributed by atoms with Gasteiger partial charge >= 0.3 is 0 Å². The van der Waals surface area contributed by atoms with E-state index in [2.05, 4.69) is 61.4 Å². The van der Waals surface area contributed by atoms with Crippen LogP contribution in [0.2, 0.25) is 0 Å². The summed E-state index contributed by atoms with van der Waals surface area (Å²) in [5.41, 5.74) is 1.05. The largest absolute Gasteiger partial charge is 0.339 e. The molecule has 0 amide bonds. The molecule has 0 radical (unpaired) electrons. The first-order valence-corrected chi connectivity index (χ1v) is 7.34. The molecule has 2 aromatic rings. The van der Waals surface area contributed by atoms with E-state index in [1.54, 1.807) is 0 Å². The highest BCUT2D eigenvalue weighted by Crippen LogP contribution is 2.19. The monoisotopic (exact) mass is 291 g/mol. The van der Waals surface area contributed by atoms with E-state index in [0.29, 0.717) is 18.3 Å². The quantitative estimate of drug-likeness (QED) is 0.917. The minimum absolute atomic E-state index is 0.114. The first kappa shape index (κ1) is 15.7. The van der Waals surface area contributed by atoms with E-state index in [9.17, 15) is 0 Å². The van der Waals surface area contributed by atoms with Gasteiger partial charge in [-0.15, -0.1) is 0 Å². The van der Waals surface area contributed by atoms with Crippen molar-refractivity contribution in [2.24, 2.45) is 0 Å². The predicted octanol–water partition coefficient (Wildman–Crippen LogP) is 2.61. The number of aryl methyl sites for hydroxylation is 1. The van der Waals surface area contributed by atoms with Crippen LogP contribution in [0.1, 0.15) is 57.9 Å². The van der Waals surface area contributed by atoms with E-state index in [1.807, 2.05) is 17.8 Å². The summed E-state index contributed by atoms with van der Waals surface area (Å²) in [5.74, 6) is 1.36. The number of nitrogens with zero attached hydrogens (tertiary/aromatic N) is 4. The molecule has 2 atom stereocenters. The van der Waals surface area contributed by atoms with Crippen molar-refractivity contribution in [1.29, 1.82) is 0 Å². The van der Waals surface area contributed by atoms with Crippen LogP contribution in [-0.4, -0.2) is 26.0 Å². The zero-order valence-electron chi connectivity index (χ0n) is 13.7. The van der Waals surface area contributed by atoms with Crippen LogP contribution in [0.5, 0.6) is 0 Å². The molecule has 0 spiro atoms. The third kappa shape index (κ3) is 3.91. The first-order chi connectivity index (χ1) is 9.77. The van der Waals surface area contributed by atoms with Crippen molar-refractivity contribution in [3.05, 3.63) is 29.7 Å². The van der Waals surface area contributed by atoms with Crippen LogP contribution in [0.15, 0.2) is 16.9 Å². The molecule has 2 heterocycles. The van der Waals surface area contributed by atoms with Crippen molar-refractivity contribution in [3.63, 3.8) is 0 Å². The van der Waals surface area contributed by atoms with Crippen LogP contribution in [0.3, 0.4) is 0 Å². The first-order valence-electron chi connectivity index (χ1n) is 7.34.